The van der Waals surface area contributed by atoms with Crippen molar-refractivity contribution in [2.24, 2.45) is 5.92 Å². The number of hydrogen-bond donors (Lipinski definition) is 1. The number of methoxy groups -OCH3 is 1. The van der Waals surface area contributed by atoms with Gasteiger partial charge in [0, 0.05) is 43.9 Å². The Hall–Kier alpha value is -2.39. The molecule has 2 amide bonds. The first-order chi connectivity index (χ1) is 13.9. The quantitative estimate of drug-likeness (QED) is 0.742. The van der Waals surface area contributed by atoms with Crippen LogP contribution in [0.15, 0.2) is 12.3 Å². The molecule has 1 fully saturated rings. The molecule has 2 aromatic heterocycles. The minimum atomic E-state index is -0.177. The van der Waals surface area contributed by atoms with E-state index in [1.807, 2.05) is 6.07 Å². The highest BCUT2D eigenvalue weighted by molar-refractivity contribution is 7.15. The highest BCUT2D eigenvalue weighted by Gasteiger charge is 2.30. The van der Waals surface area contributed by atoms with Crippen molar-refractivity contribution in [3.05, 3.63) is 28.0 Å². The minimum absolute atomic E-state index is 0.0124. The lowest BCUT2D eigenvalue weighted by Gasteiger charge is -2.28. The highest BCUT2D eigenvalue weighted by Crippen LogP contribution is 2.33. The Bertz CT molecular complexity index is 950. The number of nitrogens with zero attached hydrogens (tertiary/aromatic N) is 4. The van der Waals surface area contributed by atoms with Gasteiger partial charge < -0.3 is 19.9 Å². The molecule has 4 rings (SSSR count). The maximum atomic E-state index is 12.6. The van der Waals surface area contributed by atoms with Crippen LogP contribution < -0.4 is 15.0 Å². The number of aromatic nitrogens is 2. The van der Waals surface area contributed by atoms with E-state index in [0.717, 1.165) is 29.2 Å². The Morgan fingerprint density at radius 3 is 2.93 bits per heavy atom. The molecule has 8 nitrogen and oxygen atoms in total. The van der Waals surface area contributed by atoms with Gasteiger partial charge in [0.25, 0.3) is 0 Å². The van der Waals surface area contributed by atoms with Crippen LogP contribution >= 0.6 is 22.9 Å². The summed E-state index contributed by atoms with van der Waals surface area (Å²) in [5.74, 6) is 0.314. The summed E-state index contributed by atoms with van der Waals surface area (Å²) in [4.78, 5) is 37.9. The molecule has 1 N–H and O–H groups in total. The minimum Gasteiger partial charge on any atom is -0.493 e. The number of ether oxygens (including phenoxy) is 1. The average Bonchev–Trinajstić information content (AvgIpc) is 3.34. The first-order valence-corrected chi connectivity index (χ1v) is 10.6. The molecule has 0 radical (unpaired) electrons. The van der Waals surface area contributed by atoms with Crippen molar-refractivity contribution in [2.45, 2.75) is 26.3 Å². The van der Waals surface area contributed by atoms with Crippen LogP contribution in [0.1, 0.15) is 23.9 Å². The van der Waals surface area contributed by atoms with Crippen molar-refractivity contribution in [3.8, 4) is 5.75 Å². The van der Waals surface area contributed by atoms with Gasteiger partial charge in [-0.1, -0.05) is 22.9 Å². The zero-order valence-corrected chi connectivity index (χ0v) is 17.8. The summed E-state index contributed by atoms with van der Waals surface area (Å²) < 4.78 is 5.26. The molecule has 1 saturated heterocycles. The summed E-state index contributed by atoms with van der Waals surface area (Å²) in [5, 5.41) is 3.90. The van der Waals surface area contributed by atoms with Gasteiger partial charge in [-0.2, -0.15) is 0 Å². The first-order valence-electron chi connectivity index (χ1n) is 9.44. The monoisotopic (exact) mass is 435 g/mol. The molecule has 2 aliphatic heterocycles. The van der Waals surface area contributed by atoms with E-state index in [-0.39, 0.29) is 17.7 Å². The number of anilines is 2. The van der Waals surface area contributed by atoms with Gasteiger partial charge in [-0.25, -0.2) is 9.97 Å². The molecule has 2 aromatic rings. The number of likely N-dealkylation sites (tertiary alicyclic amines) is 1. The molecule has 29 heavy (non-hydrogen) atoms. The molecule has 0 saturated carbocycles. The zero-order chi connectivity index (χ0) is 20.5. The van der Waals surface area contributed by atoms with Crippen LogP contribution in [0.4, 0.5) is 10.8 Å². The number of amides is 2. The SMILES string of the molecule is COc1cc(N2CCc3nc(NC(=O)[C@@H]4CCN(C(C)=O)C4)sc3C2)cnc1Cl. The smallest absolute Gasteiger partial charge is 0.231 e. The molecular formula is C19H22ClN5O3S. The fourth-order valence-corrected chi connectivity index (χ4v) is 4.88. The van der Waals surface area contributed by atoms with E-state index in [9.17, 15) is 9.59 Å². The van der Waals surface area contributed by atoms with E-state index in [4.69, 9.17) is 16.3 Å². The Kier molecular flexibility index (Phi) is 5.60. The van der Waals surface area contributed by atoms with E-state index in [1.165, 1.54) is 18.3 Å². The summed E-state index contributed by atoms with van der Waals surface area (Å²) in [6, 6.07) is 1.88. The molecule has 0 bridgehead atoms. The maximum Gasteiger partial charge on any atom is 0.231 e. The standard InChI is InChI=1S/C19H22ClN5O3S/c1-11(26)24-5-3-12(9-24)18(27)23-19-22-14-4-6-25(10-16(14)29-19)13-7-15(28-2)17(20)21-8-13/h7-8,12H,3-6,9-10H2,1-2H3,(H,22,23,27)/t12-/m1/s1. The molecule has 10 heteroatoms. The van der Waals surface area contributed by atoms with Gasteiger partial charge in [-0.05, 0) is 6.42 Å². The first kappa shape index (κ1) is 19.9. The second-order valence-corrected chi connectivity index (χ2v) is 8.63. The number of rotatable bonds is 4. The van der Waals surface area contributed by atoms with Gasteiger partial charge in [0.05, 0.1) is 37.2 Å². The molecular weight excluding hydrogens is 414 g/mol. The topological polar surface area (TPSA) is 87.7 Å². The fourth-order valence-electron chi connectivity index (χ4n) is 3.67. The van der Waals surface area contributed by atoms with Crippen LogP contribution in [0.3, 0.4) is 0 Å². The van der Waals surface area contributed by atoms with Gasteiger partial charge in [-0.15, -0.1) is 0 Å². The third kappa shape index (κ3) is 4.16. The number of pyridine rings is 1. The Balaban J connectivity index is 1.42. The zero-order valence-electron chi connectivity index (χ0n) is 16.3. The average molecular weight is 436 g/mol. The molecule has 154 valence electrons. The van der Waals surface area contributed by atoms with E-state index in [1.54, 1.807) is 18.2 Å². The van der Waals surface area contributed by atoms with Gasteiger partial charge in [0.2, 0.25) is 11.8 Å². The Morgan fingerprint density at radius 1 is 1.38 bits per heavy atom. The van der Waals surface area contributed by atoms with E-state index in [0.29, 0.717) is 42.1 Å². The van der Waals surface area contributed by atoms with Gasteiger partial charge in [-0.3, -0.25) is 9.59 Å². The van der Waals surface area contributed by atoms with Crippen LogP contribution in [-0.2, 0) is 22.6 Å². The number of thiazole rings is 1. The molecule has 2 aliphatic rings. The van der Waals surface area contributed by atoms with Gasteiger partial charge >= 0.3 is 0 Å². The van der Waals surface area contributed by atoms with Crippen LogP contribution in [0.5, 0.6) is 5.75 Å². The fraction of sp³-hybridized carbons (Fsp3) is 0.474. The summed E-state index contributed by atoms with van der Waals surface area (Å²) >= 11 is 7.52. The van der Waals surface area contributed by atoms with E-state index >= 15 is 0 Å². The van der Waals surface area contributed by atoms with Crippen LogP contribution in [0.25, 0.3) is 0 Å². The van der Waals surface area contributed by atoms with Crippen molar-refractivity contribution in [3.63, 3.8) is 0 Å². The lowest BCUT2D eigenvalue weighted by atomic mass is 10.1. The third-order valence-corrected chi connectivity index (χ3v) is 6.62. The van der Waals surface area contributed by atoms with E-state index in [2.05, 4.69) is 20.2 Å². The molecule has 0 aliphatic carbocycles. The second-order valence-electron chi connectivity index (χ2n) is 7.19. The molecule has 0 aromatic carbocycles. The van der Waals surface area contributed by atoms with Gasteiger partial charge in [0.1, 0.15) is 0 Å². The van der Waals surface area contributed by atoms with E-state index < -0.39 is 0 Å². The van der Waals surface area contributed by atoms with Crippen LogP contribution in [-0.4, -0.2) is 53.4 Å². The largest absolute Gasteiger partial charge is 0.493 e. The Morgan fingerprint density at radius 2 is 2.21 bits per heavy atom. The summed E-state index contributed by atoms with van der Waals surface area (Å²) in [6.07, 6.45) is 3.21. The second kappa shape index (κ2) is 8.16. The number of carbonyl (C=O) groups excluding carboxylic acids is 2. The maximum absolute atomic E-state index is 12.6. The predicted octanol–water partition coefficient (Wildman–Crippen LogP) is 2.57. The van der Waals surface area contributed by atoms with Gasteiger partial charge in [0.15, 0.2) is 16.0 Å². The van der Waals surface area contributed by atoms with Crippen LogP contribution in [0.2, 0.25) is 5.15 Å². The summed E-state index contributed by atoms with van der Waals surface area (Å²) in [5.41, 5.74) is 1.96. The van der Waals surface area contributed by atoms with Crippen molar-refractivity contribution in [1.29, 1.82) is 0 Å². The normalized spacial score (nSPS) is 18.5. The number of halogens is 1. The highest BCUT2D eigenvalue weighted by atomic mass is 35.5. The molecule has 4 heterocycles. The lowest BCUT2D eigenvalue weighted by molar-refractivity contribution is -0.128. The third-order valence-electron chi connectivity index (χ3n) is 5.34. The number of fused-ring (bicyclic) bond motifs is 1. The summed E-state index contributed by atoms with van der Waals surface area (Å²) in [6.45, 7) is 4.14. The molecule has 0 unspecified atom stereocenters. The van der Waals surface area contributed by atoms with Crippen molar-refractivity contribution >= 4 is 45.6 Å². The van der Waals surface area contributed by atoms with Crippen LogP contribution in [0, 0.1) is 5.92 Å². The van der Waals surface area contributed by atoms with Crippen molar-refractivity contribution in [2.75, 3.05) is 37.0 Å². The summed E-state index contributed by atoms with van der Waals surface area (Å²) in [7, 11) is 1.57. The molecule has 1 atom stereocenters. The Labute approximate surface area is 177 Å². The number of nitrogens with one attached hydrogen (secondary N) is 1. The lowest BCUT2D eigenvalue weighted by Crippen LogP contribution is -2.30. The van der Waals surface area contributed by atoms with Crippen molar-refractivity contribution < 1.29 is 14.3 Å². The number of hydrogen-bond acceptors (Lipinski definition) is 7. The molecule has 0 spiro atoms. The number of carbonyl (C=O) groups is 2. The predicted molar refractivity (Wildman–Crippen MR) is 112 cm³/mol. The van der Waals surface area contributed by atoms with Crippen molar-refractivity contribution in [1.82, 2.24) is 14.9 Å².